The molecule has 0 aliphatic rings. The second-order valence-electron chi connectivity index (χ2n) is 4.83. The van der Waals surface area contributed by atoms with E-state index in [1.165, 1.54) is 0 Å². The molecule has 22 heavy (non-hydrogen) atoms. The molecule has 0 aliphatic heterocycles. The van der Waals surface area contributed by atoms with Crippen LogP contribution in [-0.2, 0) is 0 Å². The lowest BCUT2D eigenvalue weighted by Gasteiger charge is -2.04. The van der Waals surface area contributed by atoms with Gasteiger partial charge in [-0.1, -0.05) is 23.2 Å². The van der Waals surface area contributed by atoms with E-state index < -0.39 is 0 Å². The molecule has 0 aromatic carbocycles. The highest BCUT2D eigenvalue weighted by Crippen LogP contribution is 2.34. The van der Waals surface area contributed by atoms with Crippen LogP contribution in [0.5, 0.6) is 0 Å². The fraction of sp³-hybridized carbons (Fsp3) is 0.143. The predicted molar refractivity (Wildman–Crippen MR) is 81.4 cm³/mol. The van der Waals surface area contributed by atoms with Crippen LogP contribution in [0.1, 0.15) is 11.1 Å². The average molecular weight is 337 g/mol. The average Bonchev–Trinajstić information content (AvgIpc) is 2.86. The molecular weight excluding hydrogens is 327 g/mol. The fourth-order valence-electron chi connectivity index (χ4n) is 2.09. The maximum absolute atomic E-state index is 12.0. The summed E-state index contributed by atoms with van der Waals surface area (Å²) in [7, 11) is 0. The van der Waals surface area contributed by atoms with Crippen molar-refractivity contribution in [3.05, 3.63) is 51.2 Å². The maximum atomic E-state index is 12.0. The summed E-state index contributed by atoms with van der Waals surface area (Å²) < 4.78 is 4.73. The van der Waals surface area contributed by atoms with Crippen molar-refractivity contribution >= 4 is 23.2 Å². The van der Waals surface area contributed by atoms with Crippen molar-refractivity contribution in [2.75, 3.05) is 0 Å². The summed E-state index contributed by atoms with van der Waals surface area (Å²) in [6.45, 7) is 3.70. The predicted octanol–water partition coefficient (Wildman–Crippen LogP) is 3.36. The standard InChI is InChI=1S/C14H10Cl2N4O2/c1-7-3-9(13(15)17-5-7)11-12(20(21)22-19-11)10-4-8(2)6-18-14(10)16/h3-6H,1-2H3. The first kappa shape index (κ1) is 14.7. The molecule has 0 saturated heterocycles. The highest BCUT2D eigenvalue weighted by Gasteiger charge is 2.27. The van der Waals surface area contributed by atoms with Crippen molar-refractivity contribution in [1.29, 1.82) is 0 Å². The summed E-state index contributed by atoms with van der Waals surface area (Å²) in [6, 6.07) is 3.50. The third-order valence-electron chi connectivity index (χ3n) is 3.07. The lowest BCUT2D eigenvalue weighted by Crippen LogP contribution is -2.25. The number of pyridine rings is 2. The van der Waals surface area contributed by atoms with Crippen molar-refractivity contribution in [1.82, 2.24) is 15.1 Å². The van der Waals surface area contributed by atoms with Gasteiger partial charge < -0.3 is 5.21 Å². The van der Waals surface area contributed by atoms with Gasteiger partial charge in [0.05, 0.1) is 11.1 Å². The van der Waals surface area contributed by atoms with E-state index in [4.69, 9.17) is 27.8 Å². The van der Waals surface area contributed by atoms with Gasteiger partial charge in [0.15, 0.2) is 0 Å². The van der Waals surface area contributed by atoms with E-state index in [-0.39, 0.29) is 26.6 Å². The van der Waals surface area contributed by atoms with Crippen LogP contribution in [0.15, 0.2) is 29.2 Å². The Morgan fingerprint density at radius 1 is 1.00 bits per heavy atom. The van der Waals surface area contributed by atoms with Gasteiger partial charge in [0.25, 0.3) is 5.69 Å². The largest absolute Gasteiger partial charge is 0.359 e. The third kappa shape index (κ3) is 2.51. The number of rotatable bonds is 2. The molecule has 0 amide bonds. The molecule has 3 aromatic rings. The monoisotopic (exact) mass is 336 g/mol. The Kier molecular flexibility index (Phi) is 3.72. The lowest BCUT2D eigenvalue weighted by molar-refractivity contribution is -0.793. The molecule has 3 rings (SSSR count). The molecule has 0 spiro atoms. The topological polar surface area (TPSA) is 78.8 Å². The summed E-state index contributed by atoms with van der Waals surface area (Å²) in [4.78, 5) is 8.40. The maximum Gasteiger partial charge on any atom is 0.259 e. The number of nitrogens with zero attached hydrogens (tertiary/aromatic N) is 4. The Bertz CT molecular complexity index is 864. The molecule has 112 valence electrons. The summed E-state index contributed by atoms with van der Waals surface area (Å²) in [5.41, 5.74) is 3.05. The second-order valence-corrected chi connectivity index (χ2v) is 5.55. The Labute approximate surface area is 135 Å². The minimum atomic E-state index is 0.149. The summed E-state index contributed by atoms with van der Waals surface area (Å²) >= 11 is 12.2. The molecule has 0 unspecified atom stereocenters. The van der Waals surface area contributed by atoms with Crippen molar-refractivity contribution in [2.24, 2.45) is 0 Å². The van der Waals surface area contributed by atoms with Crippen LogP contribution >= 0.6 is 23.2 Å². The van der Waals surface area contributed by atoms with Crippen molar-refractivity contribution < 1.29 is 9.53 Å². The van der Waals surface area contributed by atoms with E-state index in [0.29, 0.717) is 11.1 Å². The zero-order chi connectivity index (χ0) is 15.9. The van der Waals surface area contributed by atoms with Gasteiger partial charge in [-0.2, -0.15) is 0 Å². The Morgan fingerprint density at radius 2 is 1.55 bits per heavy atom. The van der Waals surface area contributed by atoms with Crippen LogP contribution in [0.25, 0.3) is 22.5 Å². The van der Waals surface area contributed by atoms with Gasteiger partial charge >= 0.3 is 0 Å². The molecule has 0 atom stereocenters. The minimum Gasteiger partial charge on any atom is -0.359 e. The van der Waals surface area contributed by atoms with Crippen molar-refractivity contribution in [3.63, 3.8) is 0 Å². The van der Waals surface area contributed by atoms with Gasteiger partial charge in [-0.05, 0) is 42.0 Å². The molecule has 8 heteroatoms. The third-order valence-corrected chi connectivity index (χ3v) is 3.68. The highest BCUT2D eigenvalue weighted by molar-refractivity contribution is 6.33. The van der Waals surface area contributed by atoms with Crippen molar-refractivity contribution in [3.8, 4) is 22.5 Å². The number of aryl methyl sites for hydroxylation is 2. The smallest absolute Gasteiger partial charge is 0.259 e. The van der Waals surface area contributed by atoms with Crippen LogP contribution in [0.4, 0.5) is 0 Å². The molecular formula is C14H10Cl2N4O2. The molecule has 3 aromatic heterocycles. The second kappa shape index (κ2) is 5.55. The summed E-state index contributed by atoms with van der Waals surface area (Å²) in [5, 5.41) is 16.2. The van der Waals surface area contributed by atoms with Gasteiger partial charge in [-0.15, -0.1) is 0 Å². The van der Waals surface area contributed by atoms with E-state index in [1.807, 2.05) is 13.8 Å². The normalized spacial score (nSPS) is 10.9. The Hall–Kier alpha value is -2.18. The first-order valence-electron chi connectivity index (χ1n) is 6.32. The lowest BCUT2D eigenvalue weighted by atomic mass is 10.1. The summed E-state index contributed by atoms with van der Waals surface area (Å²) in [5.74, 6) is 0. The van der Waals surface area contributed by atoms with Gasteiger partial charge in [-0.3, -0.25) is 4.63 Å². The van der Waals surface area contributed by atoms with Gasteiger partial charge in [0.1, 0.15) is 10.3 Å². The molecule has 0 saturated carbocycles. The molecule has 0 N–H and O–H groups in total. The molecule has 0 aliphatic carbocycles. The quantitative estimate of drug-likeness (QED) is 0.529. The van der Waals surface area contributed by atoms with Crippen LogP contribution in [0.3, 0.4) is 0 Å². The van der Waals surface area contributed by atoms with Crippen LogP contribution in [-0.4, -0.2) is 15.1 Å². The molecule has 3 heterocycles. The molecule has 6 nitrogen and oxygen atoms in total. The highest BCUT2D eigenvalue weighted by atomic mass is 35.5. The van der Waals surface area contributed by atoms with Crippen LogP contribution in [0.2, 0.25) is 10.3 Å². The molecule has 0 radical (unpaired) electrons. The minimum absolute atomic E-state index is 0.149. The zero-order valence-corrected chi connectivity index (χ0v) is 13.2. The number of hydrogen-bond acceptors (Lipinski definition) is 5. The number of halogens is 2. The van der Waals surface area contributed by atoms with E-state index in [1.54, 1.807) is 24.5 Å². The van der Waals surface area contributed by atoms with Crippen molar-refractivity contribution in [2.45, 2.75) is 13.8 Å². The number of hydrogen-bond donors (Lipinski definition) is 0. The van der Waals surface area contributed by atoms with Crippen LogP contribution in [0, 0.1) is 19.1 Å². The summed E-state index contributed by atoms with van der Waals surface area (Å²) in [6.07, 6.45) is 3.23. The van der Waals surface area contributed by atoms with E-state index in [9.17, 15) is 5.21 Å². The first-order chi connectivity index (χ1) is 10.5. The van der Waals surface area contributed by atoms with Gasteiger partial charge in [0, 0.05) is 17.6 Å². The van der Waals surface area contributed by atoms with Crippen LogP contribution < -0.4 is 4.90 Å². The first-order valence-corrected chi connectivity index (χ1v) is 7.07. The van der Waals surface area contributed by atoms with E-state index >= 15 is 0 Å². The van der Waals surface area contributed by atoms with Gasteiger partial charge in [-0.25, -0.2) is 9.97 Å². The van der Waals surface area contributed by atoms with E-state index in [0.717, 1.165) is 11.1 Å². The zero-order valence-electron chi connectivity index (χ0n) is 11.7. The van der Waals surface area contributed by atoms with Gasteiger partial charge in [0.2, 0.25) is 5.69 Å². The molecule has 0 fully saturated rings. The Balaban J connectivity index is 2.29. The van der Waals surface area contributed by atoms with E-state index in [2.05, 4.69) is 15.1 Å². The SMILES string of the molecule is Cc1cnc(Cl)c(-c2no[n+]([O-])c2-c2cc(C)cnc2Cl)c1. The number of aromatic nitrogens is 4. The Morgan fingerprint density at radius 3 is 2.18 bits per heavy atom. The fourth-order valence-corrected chi connectivity index (χ4v) is 2.47. The molecule has 0 bridgehead atoms.